The molecule has 1 saturated heterocycles. The number of rotatable bonds is 1. The van der Waals surface area contributed by atoms with Crippen molar-refractivity contribution < 1.29 is 9.38 Å². The van der Waals surface area contributed by atoms with E-state index in [0.29, 0.717) is 26.3 Å². The molecule has 1 aliphatic heterocycles. The van der Waals surface area contributed by atoms with Gasteiger partial charge in [0.2, 0.25) is 0 Å². The van der Waals surface area contributed by atoms with Crippen molar-refractivity contribution in [2.24, 2.45) is 0 Å². The van der Waals surface area contributed by atoms with Crippen molar-refractivity contribution in [3.05, 3.63) is 5.21 Å². The zero-order valence-corrected chi connectivity index (χ0v) is 5.93. The number of hydrogen-bond acceptors (Lipinski definition) is 2. The smallest absolute Gasteiger partial charge is 0.154 e. The normalized spacial score (nSPS) is 26.0. The van der Waals surface area contributed by atoms with Gasteiger partial charge in [-0.25, -0.2) is 0 Å². The van der Waals surface area contributed by atoms with Crippen LogP contribution in [0.25, 0.3) is 0 Å². The summed E-state index contributed by atoms with van der Waals surface area (Å²) in [6.07, 6.45) is 0. The summed E-state index contributed by atoms with van der Waals surface area (Å²) in [6, 6.07) is 0.156. The summed E-state index contributed by atoms with van der Waals surface area (Å²) in [7, 11) is 0. The molecule has 0 spiro atoms. The molecule has 0 saturated carbocycles. The maximum atomic E-state index is 11.2. The molecule has 3 nitrogen and oxygen atoms in total. The molecule has 4 heteroatoms. The van der Waals surface area contributed by atoms with Gasteiger partial charge in [0.15, 0.2) is 6.00 Å². The number of alkyl halides is 1. The standard InChI is InChI=1S/C5H10ClNO2/c6-5-7(8)1-3-9-4-2-7/h1-5H2. The van der Waals surface area contributed by atoms with Crippen LogP contribution in [0.1, 0.15) is 0 Å². The van der Waals surface area contributed by atoms with Crippen molar-refractivity contribution in [1.29, 1.82) is 0 Å². The number of hydroxylamine groups is 3. The van der Waals surface area contributed by atoms with Crippen molar-refractivity contribution in [1.82, 2.24) is 0 Å². The highest BCUT2D eigenvalue weighted by molar-refractivity contribution is 6.17. The van der Waals surface area contributed by atoms with Gasteiger partial charge in [0.05, 0.1) is 13.2 Å². The summed E-state index contributed by atoms with van der Waals surface area (Å²) < 4.78 is 4.70. The van der Waals surface area contributed by atoms with E-state index in [1.807, 2.05) is 0 Å². The Hall–Kier alpha value is 0.170. The van der Waals surface area contributed by atoms with Crippen molar-refractivity contribution in [2.45, 2.75) is 0 Å². The van der Waals surface area contributed by atoms with Gasteiger partial charge in [-0.05, 0) is 0 Å². The molecule has 1 rings (SSSR count). The van der Waals surface area contributed by atoms with Crippen molar-refractivity contribution in [3.8, 4) is 0 Å². The molecule has 0 atom stereocenters. The lowest BCUT2D eigenvalue weighted by atomic mass is 10.4. The first kappa shape index (κ1) is 7.28. The molecule has 0 aromatic rings. The second-order valence-corrected chi connectivity index (χ2v) is 2.48. The van der Waals surface area contributed by atoms with Crippen LogP contribution < -0.4 is 0 Å². The second-order valence-electron chi connectivity index (χ2n) is 2.24. The Labute approximate surface area is 59.3 Å². The predicted molar refractivity (Wildman–Crippen MR) is 34.9 cm³/mol. The minimum atomic E-state index is -0.290. The molecule has 9 heavy (non-hydrogen) atoms. The Balaban J connectivity index is 2.37. The third-order valence-corrected chi connectivity index (χ3v) is 1.94. The Morgan fingerprint density at radius 2 is 2.00 bits per heavy atom. The highest BCUT2D eigenvalue weighted by Gasteiger charge is 2.18. The molecule has 0 aromatic carbocycles. The lowest BCUT2D eigenvalue weighted by Crippen LogP contribution is -2.49. The highest BCUT2D eigenvalue weighted by Crippen LogP contribution is 2.09. The van der Waals surface area contributed by atoms with Gasteiger partial charge in [0.25, 0.3) is 0 Å². The molecule has 1 fully saturated rings. The molecular weight excluding hydrogens is 142 g/mol. The predicted octanol–water partition coefficient (Wildman–Crippen LogP) is 0.527. The molecule has 0 radical (unpaired) electrons. The number of nitrogens with zero attached hydrogens (tertiary/aromatic N) is 1. The summed E-state index contributed by atoms with van der Waals surface area (Å²) in [5.41, 5.74) is 0. The first-order chi connectivity index (χ1) is 4.27. The minimum absolute atomic E-state index is 0.156. The minimum Gasteiger partial charge on any atom is -0.632 e. The van der Waals surface area contributed by atoms with Gasteiger partial charge in [-0.3, -0.25) is 0 Å². The summed E-state index contributed by atoms with van der Waals surface area (Å²) in [6.45, 7) is 2.11. The molecule has 0 amide bonds. The van der Waals surface area contributed by atoms with E-state index in [1.165, 1.54) is 0 Å². The van der Waals surface area contributed by atoms with Crippen LogP contribution in [-0.4, -0.2) is 37.0 Å². The van der Waals surface area contributed by atoms with E-state index in [0.717, 1.165) is 0 Å². The van der Waals surface area contributed by atoms with Crippen LogP contribution in [0.3, 0.4) is 0 Å². The maximum absolute atomic E-state index is 11.2. The third kappa shape index (κ3) is 1.79. The van der Waals surface area contributed by atoms with Gasteiger partial charge < -0.3 is 14.6 Å². The molecule has 0 unspecified atom stereocenters. The Morgan fingerprint density at radius 3 is 2.33 bits per heavy atom. The zero-order valence-electron chi connectivity index (χ0n) is 5.18. The number of ether oxygens (including phenoxy) is 1. The average molecular weight is 152 g/mol. The molecule has 0 bridgehead atoms. The molecule has 0 aliphatic carbocycles. The van der Waals surface area contributed by atoms with E-state index in [2.05, 4.69) is 0 Å². The largest absolute Gasteiger partial charge is 0.632 e. The lowest BCUT2D eigenvalue weighted by Gasteiger charge is -2.43. The number of quaternary nitrogens is 1. The molecular formula is C5H10ClNO2. The van der Waals surface area contributed by atoms with Crippen LogP contribution in [0.5, 0.6) is 0 Å². The summed E-state index contributed by atoms with van der Waals surface area (Å²) >= 11 is 5.43. The summed E-state index contributed by atoms with van der Waals surface area (Å²) in [5, 5.41) is 11.2. The number of halogens is 1. The van der Waals surface area contributed by atoms with Gasteiger partial charge in [-0.2, -0.15) is 0 Å². The van der Waals surface area contributed by atoms with Crippen molar-refractivity contribution >= 4 is 11.6 Å². The zero-order chi connectivity index (χ0) is 6.74. The SMILES string of the molecule is [O-][N+]1(CCl)CCOCC1. The third-order valence-electron chi connectivity index (χ3n) is 1.50. The fraction of sp³-hybridized carbons (Fsp3) is 1.00. The van der Waals surface area contributed by atoms with E-state index in [9.17, 15) is 5.21 Å². The fourth-order valence-corrected chi connectivity index (χ4v) is 1.03. The van der Waals surface area contributed by atoms with Crippen LogP contribution in [-0.2, 0) is 4.74 Å². The first-order valence-electron chi connectivity index (χ1n) is 2.98. The van der Waals surface area contributed by atoms with Gasteiger partial charge in [0.1, 0.15) is 13.1 Å². The summed E-state index contributed by atoms with van der Waals surface area (Å²) in [4.78, 5) is 0. The second kappa shape index (κ2) is 2.84. The van der Waals surface area contributed by atoms with Crippen LogP contribution in [0.15, 0.2) is 0 Å². The average Bonchev–Trinajstić information content (AvgIpc) is 1.90. The Bertz CT molecular complexity index is 93.0. The quantitative estimate of drug-likeness (QED) is 0.237. The van der Waals surface area contributed by atoms with E-state index < -0.39 is 0 Å². The van der Waals surface area contributed by atoms with E-state index in [4.69, 9.17) is 16.3 Å². The Kier molecular flexibility index (Phi) is 2.29. The van der Waals surface area contributed by atoms with Crippen LogP contribution >= 0.6 is 11.6 Å². The van der Waals surface area contributed by atoms with E-state index in [-0.39, 0.29) is 10.7 Å². The van der Waals surface area contributed by atoms with E-state index >= 15 is 0 Å². The monoisotopic (exact) mass is 151 g/mol. The van der Waals surface area contributed by atoms with Crippen molar-refractivity contribution in [2.75, 3.05) is 32.3 Å². The van der Waals surface area contributed by atoms with Crippen LogP contribution in [0.4, 0.5) is 0 Å². The molecule has 1 aliphatic rings. The summed E-state index contributed by atoms with van der Waals surface area (Å²) in [5.74, 6) is 0. The van der Waals surface area contributed by atoms with Gasteiger partial charge in [-0.1, -0.05) is 11.6 Å². The highest BCUT2D eigenvalue weighted by atomic mass is 35.5. The van der Waals surface area contributed by atoms with Gasteiger partial charge in [-0.15, -0.1) is 0 Å². The van der Waals surface area contributed by atoms with Gasteiger partial charge >= 0.3 is 0 Å². The number of morpholine rings is 1. The topological polar surface area (TPSA) is 32.3 Å². The number of hydrogen-bond donors (Lipinski definition) is 0. The molecule has 0 aromatic heterocycles. The fourth-order valence-electron chi connectivity index (χ4n) is 0.795. The molecule has 54 valence electrons. The Morgan fingerprint density at radius 1 is 1.44 bits per heavy atom. The lowest BCUT2D eigenvalue weighted by molar-refractivity contribution is -0.877. The van der Waals surface area contributed by atoms with E-state index in [1.54, 1.807) is 0 Å². The van der Waals surface area contributed by atoms with Crippen molar-refractivity contribution in [3.63, 3.8) is 0 Å². The first-order valence-corrected chi connectivity index (χ1v) is 3.51. The van der Waals surface area contributed by atoms with Crippen LogP contribution in [0.2, 0.25) is 0 Å². The van der Waals surface area contributed by atoms with Crippen LogP contribution in [0, 0.1) is 5.21 Å². The molecule has 0 N–H and O–H groups in total. The molecule has 1 heterocycles. The van der Waals surface area contributed by atoms with Gasteiger partial charge in [0, 0.05) is 0 Å². The maximum Gasteiger partial charge on any atom is 0.154 e.